The van der Waals surface area contributed by atoms with E-state index in [9.17, 15) is 37.3 Å². The van der Waals surface area contributed by atoms with Gasteiger partial charge in [-0.1, -0.05) is 5.16 Å². The van der Waals surface area contributed by atoms with Gasteiger partial charge < -0.3 is 46.7 Å². The van der Waals surface area contributed by atoms with Crippen molar-refractivity contribution in [3.63, 3.8) is 0 Å². The Bertz CT molecular complexity index is 1980. The number of β-lactam (4-membered cyclic amide) rings is 1. The number of hydroxylamine groups is 2. The number of aromatic nitrogens is 3. The third kappa shape index (κ3) is 9.62. The maximum absolute atomic E-state index is 13.3. The molecule has 5 rings (SSSR count). The minimum absolute atomic E-state index is 0.0299. The standard InChI is InChI=1S/C30H38N10O11S2/c1-30(2)24(27(43)40(30)51-53(46,47)48)36-26(42)23(21-16-52-29(32)35-21)37-50-22(28(44)45)15-49-20-6-4-18(5-7-20)25(41)34-19-13-38(9-3-8-31)39(14-19)12-17-10-33-11-17/h4-7,13-14,16-17,22,24,33H,3,8-12,15,31H2,1-2H3,(H5-,32,34,35,36,41,42,44,45,46,47,48)/b37-23-/t22?,24-/m1/s1. The van der Waals surface area contributed by atoms with E-state index in [1.807, 2.05) is 17.1 Å². The lowest BCUT2D eigenvalue weighted by molar-refractivity contribution is -0.781. The molecule has 2 aliphatic rings. The van der Waals surface area contributed by atoms with Crippen LogP contribution in [0.1, 0.15) is 36.3 Å². The summed E-state index contributed by atoms with van der Waals surface area (Å²) in [6.07, 6.45) is 2.75. The Balaban J connectivity index is 1.21. The number of ether oxygens (including phenoxy) is 1. The first-order chi connectivity index (χ1) is 25.0. The van der Waals surface area contributed by atoms with Gasteiger partial charge in [0, 0.05) is 30.0 Å². The van der Waals surface area contributed by atoms with Crippen molar-refractivity contribution in [2.75, 3.05) is 37.3 Å². The fourth-order valence-electron chi connectivity index (χ4n) is 5.27. The maximum Gasteiger partial charge on any atom is 0.351 e. The van der Waals surface area contributed by atoms with Crippen LogP contribution in [0, 0.1) is 5.92 Å². The van der Waals surface area contributed by atoms with E-state index in [0.717, 1.165) is 37.4 Å². The monoisotopic (exact) mass is 778 g/mol. The van der Waals surface area contributed by atoms with Gasteiger partial charge in [0.15, 0.2) is 17.4 Å². The second-order valence-electron chi connectivity index (χ2n) is 12.6. The van der Waals surface area contributed by atoms with Crippen molar-refractivity contribution in [1.82, 2.24) is 25.4 Å². The first kappa shape index (κ1) is 39.0. The lowest BCUT2D eigenvalue weighted by atomic mass is 9.84. The highest BCUT2D eigenvalue weighted by Crippen LogP contribution is 2.33. The normalized spacial score (nSPS) is 17.7. The van der Waals surface area contributed by atoms with Gasteiger partial charge in [0.2, 0.25) is 16.6 Å². The van der Waals surface area contributed by atoms with Crippen LogP contribution in [0.2, 0.25) is 0 Å². The molecule has 1 aromatic carbocycles. The molecule has 0 bridgehead atoms. The Kier molecular flexibility index (Phi) is 11.9. The molecule has 8 N–H and O–H groups in total. The Morgan fingerprint density at radius 2 is 1.98 bits per heavy atom. The molecule has 2 saturated heterocycles. The van der Waals surface area contributed by atoms with E-state index in [4.69, 9.17) is 21.0 Å². The van der Waals surface area contributed by atoms with Gasteiger partial charge in [-0.25, -0.2) is 18.2 Å². The van der Waals surface area contributed by atoms with E-state index in [1.54, 1.807) is 0 Å². The van der Waals surface area contributed by atoms with Crippen molar-refractivity contribution in [1.29, 1.82) is 0 Å². The van der Waals surface area contributed by atoms with Crippen LogP contribution in [-0.4, -0.2) is 106 Å². The highest BCUT2D eigenvalue weighted by Gasteiger charge is 2.57. The summed E-state index contributed by atoms with van der Waals surface area (Å²) in [7, 11) is -5.29. The van der Waals surface area contributed by atoms with Gasteiger partial charge in [-0.3, -0.25) is 14.4 Å². The molecule has 53 heavy (non-hydrogen) atoms. The Morgan fingerprint density at radius 3 is 2.55 bits per heavy atom. The van der Waals surface area contributed by atoms with Crippen LogP contribution in [0.3, 0.4) is 0 Å². The highest BCUT2D eigenvalue weighted by molar-refractivity contribution is 7.80. The van der Waals surface area contributed by atoms with Crippen LogP contribution in [0.25, 0.3) is 0 Å². The number of carboxylic acid groups (broad SMARTS) is 1. The number of nitrogens with one attached hydrogen (secondary N) is 3. The van der Waals surface area contributed by atoms with Crippen LogP contribution < -0.4 is 36.8 Å². The van der Waals surface area contributed by atoms with Crippen LogP contribution in [0.5, 0.6) is 5.75 Å². The summed E-state index contributed by atoms with van der Waals surface area (Å²) in [5, 5.41) is 23.6. The second kappa shape index (κ2) is 16.2. The first-order valence-electron chi connectivity index (χ1n) is 16.1. The van der Waals surface area contributed by atoms with E-state index in [2.05, 4.69) is 35.1 Å². The van der Waals surface area contributed by atoms with Crippen molar-refractivity contribution in [2.45, 2.75) is 51.0 Å². The predicted octanol–water partition coefficient (Wildman–Crippen LogP) is -1.61. The quantitative estimate of drug-likeness (QED) is 0.0211. The molecule has 286 valence electrons. The molecule has 2 atom stereocenters. The van der Waals surface area contributed by atoms with Crippen LogP contribution in [0.4, 0.5) is 10.8 Å². The molecule has 3 amide bonds. The number of nitrogens with two attached hydrogens (primary N) is 2. The van der Waals surface area contributed by atoms with Crippen LogP contribution >= 0.6 is 11.3 Å². The van der Waals surface area contributed by atoms with Crippen LogP contribution in [-0.2, 0) is 47.0 Å². The third-order valence-corrected chi connectivity index (χ3v) is 9.23. The molecule has 0 spiro atoms. The number of hydrogen-bond donors (Lipinski definition) is 6. The molecule has 2 fully saturated rings. The van der Waals surface area contributed by atoms with Crippen molar-refractivity contribution in [2.24, 2.45) is 16.8 Å². The number of amides is 3. The van der Waals surface area contributed by atoms with Gasteiger partial charge in [-0.05, 0) is 51.1 Å². The molecule has 0 radical (unpaired) electrons. The van der Waals surface area contributed by atoms with Crippen LogP contribution in [0.15, 0.2) is 47.2 Å². The summed E-state index contributed by atoms with van der Waals surface area (Å²) in [5.74, 6) is -3.30. The summed E-state index contributed by atoms with van der Waals surface area (Å²) < 4.78 is 46.9. The molecular weight excluding hydrogens is 741 g/mol. The largest absolute Gasteiger partial charge is 0.724 e. The average molecular weight is 779 g/mol. The van der Waals surface area contributed by atoms with Crippen molar-refractivity contribution in [3.8, 4) is 5.75 Å². The van der Waals surface area contributed by atoms with Crippen molar-refractivity contribution >= 4 is 62.0 Å². The zero-order chi connectivity index (χ0) is 38.5. The van der Waals surface area contributed by atoms with E-state index in [0.29, 0.717) is 35.3 Å². The number of aryl methyl sites for hydroxylation is 1. The number of benzene rings is 1. The summed E-state index contributed by atoms with van der Waals surface area (Å²) in [4.78, 5) is 60.0. The lowest BCUT2D eigenvalue weighted by Crippen LogP contribution is -2.76. The first-order valence-corrected chi connectivity index (χ1v) is 18.3. The Hall–Kier alpha value is -5.20. The van der Waals surface area contributed by atoms with Gasteiger partial charge in [-0.15, -0.1) is 16.0 Å². The molecule has 2 aromatic heterocycles. The SMILES string of the molecule is CC1(C)[C@H](NC(=O)/C(=N\OC(COc2ccc(C(=O)Nc3cn(CCCN)[n+](CC4CNC4)c3)cc2)C(=O)O)c2csc(N)n2)C(=O)N1OS(=O)(=O)[O-]. The molecule has 3 aromatic rings. The number of carbonyl (C=O) groups is 4. The number of thiazole rings is 1. The molecule has 2 aliphatic heterocycles. The number of nitrogens with zero attached hydrogens (tertiary/aromatic N) is 5. The fourth-order valence-corrected chi connectivity index (χ4v) is 6.27. The number of oxime groups is 1. The molecular formula is C30H38N10O11S2. The van der Waals surface area contributed by atoms with Gasteiger partial charge >= 0.3 is 5.97 Å². The lowest BCUT2D eigenvalue weighted by Gasteiger charge is -2.51. The number of carboxylic acids is 1. The van der Waals surface area contributed by atoms with Gasteiger partial charge in [0.25, 0.3) is 23.8 Å². The maximum atomic E-state index is 13.3. The summed E-state index contributed by atoms with van der Waals surface area (Å²) in [6, 6.07) is 4.54. The average Bonchev–Trinajstić information content (AvgIpc) is 3.68. The fraction of sp³-hybridized carbons (Fsp3) is 0.433. The number of carbonyl (C=O) groups excluding carboxylic acids is 3. The van der Waals surface area contributed by atoms with Crippen molar-refractivity contribution < 1.29 is 55.8 Å². The summed E-state index contributed by atoms with van der Waals surface area (Å²) in [6.45, 7) is 5.95. The molecule has 0 saturated carbocycles. The molecule has 1 unspecified atom stereocenters. The number of anilines is 2. The zero-order valence-electron chi connectivity index (χ0n) is 28.5. The number of aliphatic carboxylic acids is 1. The number of rotatable bonds is 18. The Morgan fingerprint density at radius 1 is 1.26 bits per heavy atom. The second-order valence-corrected chi connectivity index (χ2v) is 14.4. The third-order valence-electron chi connectivity index (χ3n) is 8.23. The predicted molar refractivity (Wildman–Crippen MR) is 184 cm³/mol. The van der Waals surface area contributed by atoms with E-state index < -0.39 is 58.2 Å². The minimum atomic E-state index is -5.29. The Labute approximate surface area is 306 Å². The number of hydrogen-bond acceptors (Lipinski definition) is 16. The summed E-state index contributed by atoms with van der Waals surface area (Å²) in [5.41, 5.74) is 10.1. The number of nitrogen functional groups attached to an aromatic ring is 1. The van der Waals surface area contributed by atoms with Gasteiger partial charge in [0.1, 0.15) is 29.8 Å². The highest BCUT2D eigenvalue weighted by atomic mass is 32.3. The minimum Gasteiger partial charge on any atom is -0.724 e. The van der Waals surface area contributed by atoms with Gasteiger partial charge in [0.05, 0.1) is 18.3 Å². The van der Waals surface area contributed by atoms with Gasteiger partial charge in [-0.2, -0.15) is 14.0 Å². The van der Waals surface area contributed by atoms with E-state index >= 15 is 0 Å². The van der Waals surface area contributed by atoms with Crippen molar-refractivity contribution in [3.05, 3.63) is 53.3 Å². The smallest absolute Gasteiger partial charge is 0.351 e. The molecule has 21 nitrogen and oxygen atoms in total. The topological polar surface area (TPSA) is 299 Å². The molecule has 23 heteroatoms. The van der Waals surface area contributed by atoms with E-state index in [1.165, 1.54) is 43.5 Å². The molecule has 0 aliphatic carbocycles. The zero-order valence-corrected chi connectivity index (χ0v) is 30.1. The molecule has 4 heterocycles. The van der Waals surface area contributed by atoms with E-state index in [-0.39, 0.29) is 22.5 Å². The summed E-state index contributed by atoms with van der Waals surface area (Å²) >= 11 is 0.932.